The maximum atomic E-state index is 5.43. The first kappa shape index (κ1) is 14.0. The van der Waals surface area contributed by atoms with E-state index in [0.29, 0.717) is 6.61 Å². The SMILES string of the molecule is CCOc1ccc(-c2nnc(C(CC)NC)s2)cc1. The maximum Gasteiger partial charge on any atom is 0.147 e. The molecule has 0 saturated carbocycles. The van der Waals surface area contributed by atoms with Crippen LogP contribution < -0.4 is 10.1 Å². The highest BCUT2D eigenvalue weighted by Crippen LogP contribution is 2.28. The molecule has 0 saturated heterocycles. The van der Waals surface area contributed by atoms with Crippen LogP contribution in [0.3, 0.4) is 0 Å². The van der Waals surface area contributed by atoms with Gasteiger partial charge < -0.3 is 10.1 Å². The van der Waals surface area contributed by atoms with Gasteiger partial charge in [-0.15, -0.1) is 10.2 Å². The molecule has 5 heteroatoms. The van der Waals surface area contributed by atoms with Crippen molar-refractivity contribution in [3.63, 3.8) is 0 Å². The van der Waals surface area contributed by atoms with E-state index in [1.807, 2.05) is 38.2 Å². The minimum absolute atomic E-state index is 0.286. The standard InChI is InChI=1S/C14H19N3OS/c1-4-12(15-3)14-17-16-13(19-14)10-6-8-11(9-7-10)18-5-2/h6-9,12,15H,4-5H2,1-3H3. The van der Waals surface area contributed by atoms with E-state index in [9.17, 15) is 0 Å². The van der Waals surface area contributed by atoms with Gasteiger partial charge in [-0.1, -0.05) is 18.3 Å². The molecule has 1 atom stereocenters. The molecule has 2 aromatic rings. The van der Waals surface area contributed by atoms with E-state index in [4.69, 9.17) is 4.74 Å². The van der Waals surface area contributed by atoms with Crippen molar-refractivity contribution in [3.05, 3.63) is 29.3 Å². The lowest BCUT2D eigenvalue weighted by Crippen LogP contribution is -2.14. The number of nitrogens with zero attached hydrogens (tertiary/aromatic N) is 2. The molecular formula is C14H19N3OS. The van der Waals surface area contributed by atoms with E-state index in [-0.39, 0.29) is 6.04 Å². The molecule has 2 rings (SSSR count). The molecule has 0 amide bonds. The number of hydrogen-bond donors (Lipinski definition) is 1. The Labute approximate surface area is 117 Å². The lowest BCUT2D eigenvalue weighted by Gasteiger charge is -2.08. The van der Waals surface area contributed by atoms with E-state index < -0.39 is 0 Å². The molecule has 0 aliphatic carbocycles. The Kier molecular flexibility index (Phi) is 4.87. The van der Waals surface area contributed by atoms with E-state index >= 15 is 0 Å². The second-order valence-electron chi connectivity index (χ2n) is 4.15. The van der Waals surface area contributed by atoms with Crippen LogP contribution in [0.5, 0.6) is 5.75 Å². The van der Waals surface area contributed by atoms with Crippen molar-refractivity contribution in [3.8, 4) is 16.3 Å². The summed E-state index contributed by atoms with van der Waals surface area (Å²) in [5.41, 5.74) is 1.08. The van der Waals surface area contributed by atoms with Gasteiger partial charge in [0.2, 0.25) is 0 Å². The van der Waals surface area contributed by atoms with Crippen LogP contribution in [0.2, 0.25) is 0 Å². The van der Waals surface area contributed by atoms with Crippen LogP contribution in [-0.4, -0.2) is 23.9 Å². The van der Waals surface area contributed by atoms with Crippen molar-refractivity contribution >= 4 is 11.3 Å². The predicted octanol–water partition coefficient (Wildman–Crippen LogP) is 3.27. The summed E-state index contributed by atoms with van der Waals surface area (Å²) in [5, 5.41) is 13.8. The highest BCUT2D eigenvalue weighted by atomic mass is 32.1. The Balaban J connectivity index is 2.17. The van der Waals surface area contributed by atoms with Gasteiger partial charge in [-0.05, 0) is 44.7 Å². The second-order valence-corrected chi connectivity index (χ2v) is 5.16. The molecule has 1 N–H and O–H groups in total. The van der Waals surface area contributed by atoms with Gasteiger partial charge in [0.05, 0.1) is 12.6 Å². The fourth-order valence-corrected chi connectivity index (χ4v) is 2.90. The van der Waals surface area contributed by atoms with Crippen LogP contribution in [0.1, 0.15) is 31.3 Å². The summed E-state index contributed by atoms with van der Waals surface area (Å²) in [7, 11) is 1.95. The highest BCUT2D eigenvalue weighted by molar-refractivity contribution is 7.14. The molecular weight excluding hydrogens is 258 g/mol. The molecule has 4 nitrogen and oxygen atoms in total. The fourth-order valence-electron chi connectivity index (χ4n) is 1.85. The van der Waals surface area contributed by atoms with Gasteiger partial charge in [0, 0.05) is 5.56 Å². The smallest absolute Gasteiger partial charge is 0.147 e. The minimum atomic E-state index is 0.286. The molecule has 19 heavy (non-hydrogen) atoms. The Hall–Kier alpha value is -1.46. The van der Waals surface area contributed by atoms with E-state index in [1.165, 1.54) is 0 Å². The van der Waals surface area contributed by atoms with Crippen molar-refractivity contribution in [2.75, 3.05) is 13.7 Å². The van der Waals surface area contributed by atoms with Gasteiger partial charge in [-0.2, -0.15) is 0 Å². The maximum absolute atomic E-state index is 5.43. The van der Waals surface area contributed by atoms with Crippen LogP contribution in [0.15, 0.2) is 24.3 Å². The van der Waals surface area contributed by atoms with Crippen molar-refractivity contribution in [2.45, 2.75) is 26.3 Å². The van der Waals surface area contributed by atoms with Crippen molar-refractivity contribution < 1.29 is 4.74 Å². The highest BCUT2D eigenvalue weighted by Gasteiger charge is 2.13. The Morgan fingerprint density at radius 3 is 2.53 bits per heavy atom. The molecule has 0 aliphatic rings. The number of rotatable bonds is 6. The minimum Gasteiger partial charge on any atom is -0.494 e. The van der Waals surface area contributed by atoms with Crippen LogP contribution in [0.4, 0.5) is 0 Å². The number of nitrogens with one attached hydrogen (secondary N) is 1. The number of aromatic nitrogens is 2. The Bertz CT molecular complexity index is 506. The molecule has 0 spiro atoms. The largest absolute Gasteiger partial charge is 0.494 e. The van der Waals surface area contributed by atoms with Gasteiger partial charge in [0.15, 0.2) is 0 Å². The summed E-state index contributed by atoms with van der Waals surface area (Å²) < 4.78 is 5.43. The summed E-state index contributed by atoms with van der Waals surface area (Å²) in [4.78, 5) is 0. The molecule has 0 aliphatic heterocycles. The zero-order valence-corrected chi connectivity index (χ0v) is 12.3. The number of hydrogen-bond acceptors (Lipinski definition) is 5. The van der Waals surface area contributed by atoms with E-state index in [0.717, 1.165) is 27.7 Å². The van der Waals surface area contributed by atoms with Gasteiger partial charge in [0.25, 0.3) is 0 Å². The average molecular weight is 277 g/mol. The van der Waals surface area contributed by atoms with E-state index in [2.05, 4.69) is 22.4 Å². The quantitative estimate of drug-likeness (QED) is 0.880. The summed E-state index contributed by atoms with van der Waals surface area (Å²) >= 11 is 1.64. The van der Waals surface area contributed by atoms with E-state index in [1.54, 1.807) is 11.3 Å². The molecule has 0 radical (unpaired) electrons. The van der Waals surface area contributed by atoms with Gasteiger partial charge in [0.1, 0.15) is 15.8 Å². The normalized spacial score (nSPS) is 12.4. The third-order valence-electron chi connectivity index (χ3n) is 2.91. The van der Waals surface area contributed by atoms with Crippen molar-refractivity contribution in [2.24, 2.45) is 0 Å². The first-order valence-electron chi connectivity index (χ1n) is 6.52. The number of ether oxygens (including phenoxy) is 1. The molecule has 1 aromatic heterocycles. The van der Waals surface area contributed by atoms with Gasteiger partial charge in [-0.3, -0.25) is 0 Å². The number of benzene rings is 1. The second kappa shape index (κ2) is 6.63. The zero-order chi connectivity index (χ0) is 13.7. The zero-order valence-electron chi connectivity index (χ0n) is 11.5. The Morgan fingerprint density at radius 1 is 1.21 bits per heavy atom. The summed E-state index contributed by atoms with van der Waals surface area (Å²) in [5.74, 6) is 0.887. The Morgan fingerprint density at radius 2 is 1.95 bits per heavy atom. The monoisotopic (exact) mass is 277 g/mol. The molecule has 1 heterocycles. The first-order valence-corrected chi connectivity index (χ1v) is 7.34. The molecule has 102 valence electrons. The van der Waals surface area contributed by atoms with Crippen LogP contribution >= 0.6 is 11.3 Å². The summed E-state index contributed by atoms with van der Waals surface area (Å²) in [6.45, 7) is 4.80. The first-order chi connectivity index (χ1) is 9.28. The topological polar surface area (TPSA) is 47.0 Å². The molecule has 1 unspecified atom stereocenters. The van der Waals surface area contributed by atoms with Crippen LogP contribution in [-0.2, 0) is 0 Å². The predicted molar refractivity (Wildman–Crippen MR) is 78.6 cm³/mol. The molecule has 0 fully saturated rings. The fraction of sp³-hybridized carbons (Fsp3) is 0.429. The van der Waals surface area contributed by atoms with Crippen LogP contribution in [0.25, 0.3) is 10.6 Å². The van der Waals surface area contributed by atoms with Gasteiger partial charge in [-0.25, -0.2) is 0 Å². The van der Waals surface area contributed by atoms with Crippen LogP contribution in [0, 0.1) is 0 Å². The average Bonchev–Trinajstić information content (AvgIpc) is 2.91. The molecule has 1 aromatic carbocycles. The third-order valence-corrected chi connectivity index (χ3v) is 3.99. The summed E-state index contributed by atoms with van der Waals surface area (Å²) in [6, 6.07) is 8.27. The third kappa shape index (κ3) is 3.30. The van der Waals surface area contributed by atoms with Crippen molar-refractivity contribution in [1.82, 2.24) is 15.5 Å². The lowest BCUT2D eigenvalue weighted by molar-refractivity contribution is 0.340. The van der Waals surface area contributed by atoms with Gasteiger partial charge >= 0.3 is 0 Å². The lowest BCUT2D eigenvalue weighted by atomic mass is 10.2. The molecule has 0 bridgehead atoms. The van der Waals surface area contributed by atoms with Crippen molar-refractivity contribution in [1.29, 1.82) is 0 Å². The summed E-state index contributed by atoms with van der Waals surface area (Å²) in [6.07, 6.45) is 1.01.